The first-order chi connectivity index (χ1) is 16.9. The number of hydrogen-bond donors (Lipinski definition) is 0. The Morgan fingerprint density at radius 1 is 1.23 bits per heavy atom. The van der Waals surface area contributed by atoms with Gasteiger partial charge in [0, 0.05) is 22.5 Å². The van der Waals surface area contributed by atoms with E-state index >= 15 is 0 Å². The van der Waals surface area contributed by atoms with Gasteiger partial charge in [-0.15, -0.1) is 11.3 Å². The lowest BCUT2D eigenvalue weighted by atomic mass is 10.0. The minimum atomic E-state index is -0.560. The first-order valence-electron chi connectivity index (χ1n) is 11.2. The normalized spacial score (nSPS) is 15.8. The second kappa shape index (κ2) is 9.24. The van der Waals surface area contributed by atoms with Gasteiger partial charge in [0.1, 0.15) is 6.04 Å². The Morgan fingerprint density at radius 3 is 2.74 bits per heavy atom. The molecule has 0 aliphatic carbocycles. The van der Waals surface area contributed by atoms with Gasteiger partial charge in [-0.3, -0.25) is 14.3 Å². The average molecular weight is 505 g/mol. The number of carbonyl (C=O) groups excluding carboxylic acids is 1. The highest BCUT2D eigenvalue weighted by molar-refractivity contribution is 7.10. The highest BCUT2D eigenvalue weighted by Gasteiger charge is 2.33. The van der Waals surface area contributed by atoms with Gasteiger partial charge in [-0.1, -0.05) is 17.4 Å². The molecular weight excluding hydrogens is 480 g/mol. The maximum atomic E-state index is 13.7. The van der Waals surface area contributed by atoms with Gasteiger partial charge in [0.2, 0.25) is 0 Å². The number of nitrogens with zero attached hydrogens (tertiary/aromatic N) is 4. The molecule has 7 nitrogen and oxygen atoms in total. The molecule has 35 heavy (non-hydrogen) atoms. The number of fused-ring (bicyclic) bond motifs is 1. The highest BCUT2D eigenvalue weighted by atomic mass is 32.1. The summed E-state index contributed by atoms with van der Waals surface area (Å²) >= 11 is 2.84. The van der Waals surface area contributed by atoms with E-state index in [-0.39, 0.29) is 12.2 Å². The third kappa shape index (κ3) is 4.00. The molecule has 4 aromatic heterocycles. The molecule has 0 saturated carbocycles. The molecule has 0 aromatic carbocycles. The summed E-state index contributed by atoms with van der Waals surface area (Å²) in [5.41, 5.74) is 4.78. The third-order valence-corrected chi connectivity index (χ3v) is 7.90. The van der Waals surface area contributed by atoms with Gasteiger partial charge in [-0.2, -0.15) is 0 Å². The number of hydrogen-bond acceptors (Lipinski definition) is 7. The fourth-order valence-electron chi connectivity index (χ4n) is 4.47. The smallest absolute Gasteiger partial charge is 0.338 e. The van der Waals surface area contributed by atoms with E-state index in [4.69, 9.17) is 4.74 Å². The minimum Gasteiger partial charge on any atom is -0.463 e. The van der Waals surface area contributed by atoms with Crippen molar-refractivity contribution in [1.29, 1.82) is 0 Å². The quantitative estimate of drug-likeness (QED) is 0.389. The summed E-state index contributed by atoms with van der Waals surface area (Å²) < 4.78 is 9.64. The third-order valence-electron chi connectivity index (χ3n) is 5.99. The summed E-state index contributed by atoms with van der Waals surface area (Å²) in [5.74, 6) is -0.443. The Bertz CT molecular complexity index is 1620. The van der Waals surface area contributed by atoms with Crippen LogP contribution in [0.25, 0.3) is 11.8 Å². The Balaban J connectivity index is 1.68. The van der Waals surface area contributed by atoms with Crippen LogP contribution in [0.15, 0.2) is 69.2 Å². The molecule has 0 N–H and O–H groups in total. The van der Waals surface area contributed by atoms with Crippen LogP contribution in [-0.4, -0.2) is 26.7 Å². The Kier molecular flexibility index (Phi) is 6.12. The zero-order valence-corrected chi connectivity index (χ0v) is 21.4. The molecule has 5 rings (SSSR count). The van der Waals surface area contributed by atoms with Crippen LogP contribution >= 0.6 is 22.7 Å². The predicted molar refractivity (Wildman–Crippen MR) is 138 cm³/mol. The summed E-state index contributed by atoms with van der Waals surface area (Å²) in [4.78, 5) is 37.0. The lowest BCUT2D eigenvalue weighted by Crippen LogP contribution is -2.39. The second-order valence-electron chi connectivity index (χ2n) is 8.19. The molecule has 1 aliphatic rings. The second-order valence-corrected chi connectivity index (χ2v) is 10.2. The number of rotatable bonds is 5. The Hall–Kier alpha value is -3.56. The van der Waals surface area contributed by atoms with Gasteiger partial charge < -0.3 is 9.30 Å². The van der Waals surface area contributed by atoms with E-state index in [1.807, 2.05) is 55.8 Å². The summed E-state index contributed by atoms with van der Waals surface area (Å²) in [7, 11) is 0. The van der Waals surface area contributed by atoms with Crippen LogP contribution in [0.1, 0.15) is 41.7 Å². The van der Waals surface area contributed by atoms with Crippen molar-refractivity contribution in [3.8, 4) is 5.69 Å². The molecular formula is C26H24N4O3S2. The number of allylic oxidation sites excluding steroid dienone is 1. The van der Waals surface area contributed by atoms with Crippen molar-refractivity contribution in [3.05, 3.63) is 101 Å². The number of aryl methyl sites for hydroxylation is 1. The molecule has 1 atom stereocenters. The first-order valence-corrected chi connectivity index (χ1v) is 12.9. The zero-order chi connectivity index (χ0) is 24.7. The molecule has 0 fully saturated rings. The molecule has 0 spiro atoms. The predicted octanol–water partition coefficient (Wildman–Crippen LogP) is 3.66. The van der Waals surface area contributed by atoms with E-state index in [1.54, 1.807) is 24.6 Å². The van der Waals surface area contributed by atoms with Crippen LogP contribution in [0.4, 0.5) is 0 Å². The molecule has 0 bridgehead atoms. The van der Waals surface area contributed by atoms with E-state index in [0.29, 0.717) is 20.6 Å². The van der Waals surface area contributed by atoms with Crippen molar-refractivity contribution in [2.45, 2.75) is 33.7 Å². The van der Waals surface area contributed by atoms with Crippen molar-refractivity contribution < 1.29 is 9.53 Å². The molecule has 0 unspecified atom stereocenters. The molecule has 9 heteroatoms. The molecule has 1 aliphatic heterocycles. The molecule has 0 amide bonds. The number of aromatic nitrogens is 3. The summed E-state index contributed by atoms with van der Waals surface area (Å²) in [6.45, 7) is 7.88. The van der Waals surface area contributed by atoms with Crippen LogP contribution in [-0.2, 0) is 9.53 Å². The van der Waals surface area contributed by atoms with E-state index in [0.717, 1.165) is 27.5 Å². The van der Waals surface area contributed by atoms with Gasteiger partial charge in [-0.25, -0.2) is 9.79 Å². The van der Waals surface area contributed by atoms with Crippen molar-refractivity contribution in [1.82, 2.24) is 14.1 Å². The van der Waals surface area contributed by atoms with Crippen molar-refractivity contribution in [3.63, 3.8) is 0 Å². The molecule has 0 saturated heterocycles. The summed E-state index contributed by atoms with van der Waals surface area (Å²) in [5, 5.41) is 1.94. The van der Waals surface area contributed by atoms with Crippen LogP contribution in [0.2, 0.25) is 0 Å². The van der Waals surface area contributed by atoms with Gasteiger partial charge in [0.15, 0.2) is 4.80 Å². The minimum absolute atomic E-state index is 0.173. The molecule has 4 aromatic rings. The first kappa shape index (κ1) is 23.2. The lowest BCUT2D eigenvalue weighted by molar-refractivity contribution is -0.139. The van der Waals surface area contributed by atoms with Crippen LogP contribution in [0.5, 0.6) is 0 Å². The van der Waals surface area contributed by atoms with Crippen LogP contribution in [0.3, 0.4) is 0 Å². The largest absolute Gasteiger partial charge is 0.463 e. The number of pyridine rings is 1. The van der Waals surface area contributed by atoms with Gasteiger partial charge in [-0.05, 0) is 69.0 Å². The van der Waals surface area contributed by atoms with E-state index in [1.165, 1.54) is 22.7 Å². The number of thiophene rings is 1. The Morgan fingerprint density at radius 2 is 2.06 bits per heavy atom. The summed E-state index contributed by atoms with van der Waals surface area (Å²) in [6.07, 6.45) is 5.47. The van der Waals surface area contributed by atoms with Crippen molar-refractivity contribution in [2.75, 3.05) is 6.61 Å². The van der Waals surface area contributed by atoms with Gasteiger partial charge >= 0.3 is 5.97 Å². The van der Waals surface area contributed by atoms with Crippen molar-refractivity contribution >= 4 is 34.7 Å². The SMILES string of the molecule is CCOC(=O)C1=C(C)N=c2sc(=Cc3cc(C)n(-c4cccnc4)c3C)c(=O)n2[C@H]1c1cccs1. The number of esters is 1. The van der Waals surface area contributed by atoms with Gasteiger partial charge in [0.25, 0.3) is 5.56 Å². The summed E-state index contributed by atoms with van der Waals surface area (Å²) in [6, 6.07) is 9.26. The number of ether oxygens (including phenoxy) is 1. The highest BCUT2D eigenvalue weighted by Crippen LogP contribution is 2.33. The van der Waals surface area contributed by atoms with E-state index in [2.05, 4.69) is 20.6 Å². The lowest BCUT2D eigenvalue weighted by Gasteiger charge is -2.23. The van der Waals surface area contributed by atoms with Crippen molar-refractivity contribution in [2.24, 2.45) is 4.99 Å². The fourth-order valence-corrected chi connectivity index (χ4v) is 6.33. The molecule has 178 valence electrons. The van der Waals surface area contributed by atoms with E-state index in [9.17, 15) is 9.59 Å². The maximum absolute atomic E-state index is 13.7. The Labute approximate surface area is 210 Å². The average Bonchev–Trinajstić information content (AvgIpc) is 3.53. The van der Waals surface area contributed by atoms with Crippen LogP contribution in [0, 0.1) is 13.8 Å². The standard InChI is InChI=1S/C26H24N4O3S2/c1-5-33-25(32)22-16(3)28-26-30(23(22)20-9-7-11-34-20)24(31)21(35-26)13-18-12-15(2)29(17(18)4)19-8-6-10-27-14-19/h6-14,23H,5H2,1-4H3/t23-/m0/s1. The monoisotopic (exact) mass is 504 g/mol. The molecule has 5 heterocycles. The number of thiazole rings is 1. The van der Waals surface area contributed by atoms with Crippen LogP contribution < -0.4 is 14.9 Å². The maximum Gasteiger partial charge on any atom is 0.338 e. The topological polar surface area (TPSA) is 78.5 Å². The fraction of sp³-hybridized carbons (Fsp3) is 0.231. The molecule has 0 radical (unpaired) electrons. The number of carbonyl (C=O) groups is 1. The van der Waals surface area contributed by atoms with Gasteiger partial charge in [0.05, 0.1) is 34.3 Å². The van der Waals surface area contributed by atoms with E-state index < -0.39 is 12.0 Å². The zero-order valence-electron chi connectivity index (χ0n) is 19.8.